The first-order chi connectivity index (χ1) is 35.9. The third-order valence-corrected chi connectivity index (χ3v) is 6.93. The molecule has 3 nitrogen and oxygen atoms in total. The van der Waals surface area contributed by atoms with Crippen LogP contribution < -0.4 is 0 Å². The number of hydrogen-bond acceptors (Lipinski definition) is 3. The van der Waals surface area contributed by atoms with Crippen molar-refractivity contribution >= 4 is 32.3 Å². The van der Waals surface area contributed by atoms with Crippen LogP contribution in [0.15, 0.2) is 175 Å². The molecule has 0 fully saturated rings. The number of nitrogens with zero attached hydrogens (tertiary/aromatic N) is 3. The van der Waals surface area contributed by atoms with Crippen molar-refractivity contribution in [1.82, 2.24) is 15.0 Å². The molecule has 0 aliphatic carbocycles. The highest BCUT2D eigenvalue weighted by atomic mass is 15.0. The molecule has 0 spiro atoms. The fraction of sp³-hybridized carbons (Fsp3) is 0. The van der Waals surface area contributed by atoms with E-state index in [1.165, 1.54) is 0 Å². The Labute approximate surface area is 319 Å². The molecule has 0 amide bonds. The normalized spacial score (nSPS) is 19.8. The number of hydrogen-bond donors (Lipinski definition) is 0. The van der Waals surface area contributed by atoms with Gasteiger partial charge in [-0.05, 0) is 72.7 Å². The standard InChI is InChI=1S/C45H29N3/c1-3-11-30(12-4-1)36-22-21-32-17-10-20-41(42(32)29-36)45-47-43(33-14-5-2-6-15-33)46-44(48-45)38-26-24-34-27-37(25-23-35(34)28-38)40-19-9-16-31-13-7-8-18-39(31)40/h1-29H/i1D,2D,3D,4D,5D,6D,7D,8D,9D,10D,11D,12D,13D,14D,15D,16D,17D,18D,19D,20D,21D,22D,23D,24D,25D,26D,27D,28D,29D. The van der Waals surface area contributed by atoms with E-state index in [0.29, 0.717) is 0 Å². The van der Waals surface area contributed by atoms with E-state index in [1.54, 1.807) is 0 Å². The van der Waals surface area contributed by atoms with Crippen LogP contribution in [0.5, 0.6) is 0 Å². The van der Waals surface area contributed by atoms with Gasteiger partial charge in [0.05, 0.1) is 39.8 Å². The molecule has 8 aromatic carbocycles. The average molecular weight is 641 g/mol. The van der Waals surface area contributed by atoms with E-state index in [0.717, 1.165) is 0 Å². The Morgan fingerprint density at radius 2 is 0.812 bits per heavy atom. The summed E-state index contributed by atoms with van der Waals surface area (Å²) in [4.78, 5) is 13.0. The van der Waals surface area contributed by atoms with E-state index in [9.17, 15) is 11.0 Å². The van der Waals surface area contributed by atoms with Gasteiger partial charge in [0, 0.05) is 16.7 Å². The maximum atomic E-state index is 9.55. The number of aromatic nitrogens is 3. The second-order valence-electron chi connectivity index (χ2n) is 9.81. The molecule has 0 N–H and O–H groups in total. The van der Waals surface area contributed by atoms with E-state index < -0.39 is 264 Å². The van der Waals surface area contributed by atoms with Crippen LogP contribution in [0.1, 0.15) is 39.8 Å². The van der Waals surface area contributed by atoms with Crippen LogP contribution in [0.3, 0.4) is 0 Å². The maximum absolute atomic E-state index is 9.55. The van der Waals surface area contributed by atoms with Gasteiger partial charge in [0.2, 0.25) is 0 Å². The fourth-order valence-electron chi connectivity index (χ4n) is 4.76. The Balaban J connectivity index is 1.45. The highest BCUT2D eigenvalue weighted by molar-refractivity contribution is 6.00. The van der Waals surface area contributed by atoms with Gasteiger partial charge < -0.3 is 0 Å². The zero-order valence-corrected chi connectivity index (χ0v) is 23.8. The Kier molecular flexibility index (Phi) is 2.70. The topological polar surface area (TPSA) is 38.7 Å². The lowest BCUT2D eigenvalue weighted by atomic mass is 9.95. The van der Waals surface area contributed by atoms with E-state index in [-0.39, 0.29) is 0 Å². The molecule has 1 heterocycles. The minimum Gasteiger partial charge on any atom is -0.208 e. The van der Waals surface area contributed by atoms with Crippen LogP contribution in [0.25, 0.3) is 88.7 Å². The number of rotatable bonds is 5. The van der Waals surface area contributed by atoms with Gasteiger partial charge >= 0.3 is 0 Å². The van der Waals surface area contributed by atoms with Crippen LogP contribution in [0, 0.1) is 0 Å². The molecule has 0 aliphatic rings. The monoisotopic (exact) mass is 640 g/mol. The zero-order valence-electron chi connectivity index (χ0n) is 52.8. The molecular weight excluding hydrogens is 583 g/mol. The second-order valence-corrected chi connectivity index (χ2v) is 9.81. The third kappa shape index (κ3) is 5.08. The summed E-state index contributed by atoms with van der Waals surface area (Å²) in [5, 5.41) is -4.04. The quantitative estimate of drug-likeness (QED) is 0.188. The largest absolute Gasteiger partial charge is 0.208 e. The van der Waals surface area contributed by atoms with Crippen LogP contribution in [0.4, 0.5) is 0 Å². The predicted octanol–water partition coefficient (Wildman–Crippen LogP) is 11.7. The smallest absolute Gasteiger partial charge is 0.164 e. The SMILES string of the molecule is [2H]c1c([2H])c([2H])c(-c2nc(-c3c([2H])c([2H])c4c([2H])c(-c5c([2H])c([2H])c([2H])c6c([2H])c([2H])c([2H])c([2H])c56)c([2H])c([2H])c4c3[2H])nc(-c3c([2H])c([2H])c([2H])c4c([2H])c([2H])c(-c5c([2H])c([2H])c([2H])c([2H])c5[2H])c([2H])c34)n2)c([2H])c1[2H]. The van der Waals surface area contributed by atoms with Gasteiger partial charge in [0.25, 0.3) is 0 Å². The molecule has 0 bridgehead atoms. The summed E-state index contributed by atoms with van der Waals surface area (Å²) in [7, 11) is 0. The maximum Gasteiger partial charge on any atom is 0.164 e. The van der Waals surface area contributed by atoms with Crippen molar-refractivity contribution < 1.29 is 39.8 Å². The Hall–Kier alpha value is -6.45. The molecule has 1 aromatic heterocycles. The van der Waals surface area contributed by atoms with Gasteiger partial charge in [-0.25, -0.2) is 15.0 Å². The van der Waals surface area contributed by atoms with Gasteiger partial charge in [-0.2, -0.15) is 0 Å². The van der Waals surface area contributed by atoms with Crippen molar-refractivity contribution in [3.63, 3.8) is 0 Å². The van der Waals surface area contributed by atoms with Crippen molar-refractivity contribution in [2.75, 3.05) is 0 Å². The summed E-state index contributed by atoms with van der Waals surface area (Å²) < 4.78 is 255. The fourth-order valence-corrected chi connectivity index (χ4v) is 4.76. The van der Waals surface area contributed by atoms with Gasteiger partial charge in [-0.15, -0.1) is 0 Å². The minimum absolute atomic E-state index is 0.567. The average Bonchev–Trinajstić information content (AvgIpc) is 3.45. The molecule has 48 heavy (non-hydrogen) atoms. The Bertz CT molecular complexity index is 4210. The molecule has 0 saturated heterocycles. The summed E-state index contributed by atoms with van der Waals surface area (Å²) in [5.41, 5.74) is -5.41. The van der Waals surface area contributed by atoms with Crippen molar-refractivity contribution in [1.29, 1.82) is 0 Å². The molecule has 0 aliphatic heterocycles. The first-order valence-corrected chi connectivity index (χ1v) is 13.8. The summed E-state index contributed by atoms with van der Waals surface area (Å²) >= 11 is 0. The van der Waals surface area contributed by atoms with Crippen molar-refractivity contribution in [2.24, 2.45) is 0 Å². The van der Waals surface area contributed by atoms with Crippen LogP contribution in [0.2, 0.25) is 0 Å². The molecule has 9 aromatic rings. The van der Waals surface area contributed by atoms with E-state index in [2.05, 4.69) is 15.0 Å². The van der Waals surface area contributed by atoms with Gasteiger partial charge in [0.1, 0.15) is 0 Å². The van der Waals surface area contributed by atoms with Crippen molar-refractivity contribution in [3.8, 4) is 56.4 Å². The molecule has 3 heteroatoms. The first kappa shape index (κ1) is 11.1. The highest BCUT2D eigenvalue weighted by Crippen LogP contribution is 2.35. The van der Waals surface area contributed by atoms with Crippen LogP contribution in [-0.2, 0) is 0 Å². The number of fused-ring (bicyclic) bond motifs is 3. The lowest BCUT2D eigenvalue weighted by Gasteiger charge is -2.12. The van der Waals surface area contributed by atoms with Crippen molar-refractivity contribution in [3.05, 3.63) is 175 Å². The Morgan fingerprint density at radius 1 is 0.292 bits per heavy atom. The molecule has 0 radical (unpaired) electrons. The minimum atomic E-state index is -1.06. The van der Waals surface area contributed by atoms with E-state index >= 15 is 0 Å². The molecule has 0 atom stereocenters. The molecule has 224 valence electrons. The summed E-state index contributed by atoms with van der Waals surface area (Å²) in [6.45, 7) is 0. The second kappa shape index (κ2) is 11.7. The molecule has 0 saturated carbocycles. The lowest BCUT2D eigenvalue weighted by Crippen LogP contribution is -2.00. The van der Waals surface area contributed by atoms with Gasteiger partial charge in [0.15, 0.2) is 17.5 Å². The molecular formula is C45H29N3. The zero-order chi connectivity index (χ0) is 57.1. The first-order valence-electron chi connectivity index (χ1n) is 28.3. The molecule has 9 rings (SSSR count). The lowest BCUT2D eigenvalue weighted by molar-refractivity contribution is 1.08. The van der Waals surface area contributed by atoms with Crippen LogP contribution in [-0.4, -0.2) is 15.0 Å². The van der Waals surface area contributed by atoms with Gasteiger partial charge in [-0.3, -0.25) is 0 Å². The summed E-state index contributed by atoms with van der Waals surface area (Å²) in [5.74, 6) is -2.75. The van der Waals surface area contributed by atoms with Crippen molar-refractivity contribution in [2.45, 2.75) is 0 Å². The van der Waals surface area contributed by atoms with E-state index in [1.807, 2.05) is 0 Å². The predicted molar refractivity (Wildman–Crippen MR) is 200 cm³/mol. The van der Waals surface area contributed by atoms with Crippen LogP contribution >= 0.6 is 0 Å². The molecule has 0 unspecified atom stereocenters. The van der Waals surface area contributed by atoms with E-state index in [4.69, 9.17) is 28.8 Å². The Morgan fingerprint density at radius 3 is 1.58 bits per heavy atom. The summed E-state index contributed by atoms with van der Waals surface area (Å²) in [6, 6.07) is -26.9. The third-order valence-electron chi connectivity index (χ3n) is 6.93. The highest BCUT2D eigenvalue weighted by Gasteiger charge is 2.15. The summed E-state index contributed by atoms with van der Waals surface area (Å²) in [6.07, 6.45) is 0. The number of benzene rings is 8. The van der Waals surface area contributed by atoms with Gasteiger partial charge in [-0.1, -0.05) is 157 Å².